The summed E-state index contributed by atoms with van der Waals surface area (Å²) in [5, 5.41) is 7.71. The van der Waals surface area contributed by atoms with Gasteiger partial charge in [-0.05, 0) is 62.5 Å². The summed E-state index contributed by atoms with van der Waals surface area (Å²) >= 11 is 0. The number of nitrogens with one attached hydrogen (secondary N) is 3. The summed E-state index contributed by atoms with van der Waals surface area (Å²) in [5.41, 5.74) is 0.327. The Hall–Kier alpha value is -4.25. The number of carbonyl (C=O) groups is 3. The van der Waals surface area contributed by atoms with E-state index in [1.165, 1.54) is 35.2 Å². The number of alkyl halides is 3. The molecule has 0 bridgehead atoms. The molecule has 0 aliphatic heterocycles. The van der Waals surface area contributed by atoms with Gasteiger partial charge in [-0.1, -0.05) is 18.2 Å². The highest BCUT2D eigenvalue weighted by molar-refractivity contribution is 6.05. The van der Waals surface area contributed by atoms with E-state index in [2.05, 4.69) is 20.9 Å². The van der Waals surface area contributed by atoms with Crippen LogP contribution < -0.4 is 16.0 Å². The molecule has 1 heterocycles. The van der Waals surface area contributed by atoms with Gasteiger partial charge >= 0.3 is 6.18 Å². The van der Waals surface area contributed by atoms with Crippen molar-refractivity contribution in [1.29, 1.82) is 0 Å². The summed E-state index contributed by atoms with van der Waals surface area (Å²) in [6, 6.07) is 15.5. The van der Waals surface area contributed by atoms with E-state index < -0.39 is 23.6 Å². The Bertz CT molecular complexity index is 1260. The first kappa shape index (κ1) is 26.4. The zero-order valence-electron chi connectivity index (χ0n) is 19.5. The maximum Gasteiger partial charge on any atom is 0.416 e. The number of anilines is 3. The first-order valence-electron chi connectivity index (χ1n) is 10.8. The number of amides is 3. The van der Waals surface area contributed by atoms with Crippen molar-refractivity contribution in [2.45, 2.75) is 13.1 Å². The van der Waals surface area contributed by atoms with Crippen LogP contribution in [0.3, 0.4) is 0 Å². The molecule has 0 saturated carbocycles. The lowest BCUT2D eigenvalue weighted by Crippen LogP contribution is -2.36. The molecule has 0 aliphatic rings. The van der Waals surface area contributed by atoms with E-state index in [1.54, 1.807) is 38.2 Å². The fraction of sp³-hybridized carbons (Fsp3) is 0.200. The molecule has 36 heavy (non-hydrogen) atoms. The number of likely N-dealkylation sites (N-methyl/N-ethyl adjacent to an activating group) is 1. The number of aryl methyl sites for hydroxylation is 1. The Kier molecular flexibility index (Phi) is 8.38. The molecule has 2 aromatic carbocycles. The zero-order chi connectivity index (χ0) is 26.3. The third-order valence-corrected chi connectivity index (χ3v) is 4.84. The Morgan fingerprint density at radius 1 is 0.833 bits per heavy atom. The van der Waals surface area contributed by atoms with Crippen LogP contribution in [0.15, 0.2) is 66.7 Å². The topological polar surface area (TPSA) is 103 Å². The van der Waals surface area contributed by atoms with Gasteiger partial charge in [0.1, 0.15) is 5.82 Å². The van der Waals surface area contributed by atoms with Gasteiger partial charge in [-0.25, -0.2) is 4.98 Å². The van der Waals surface area contributed by atoms with Gasteiger partial charge in [0.25, 0.3) is 5.91 Å². The standard InChI is InChI=1S/C25H24F3N5O3/c1-16-6-3-11-21(29-16)32-23(35)15-33(2)14-22(34)30-19-9-4-7-17(12-19)24(36)31-20-10-5-8-18(13-20)25(26,27)28/h3-13H,14-15H2,1-2H3,(H,30,34)(H,31,36)(H,29,32,35). The maximum atomic E-state index is 12.9. The van der Waals surface area contributed by atoms with Gasteiger partial charge in [0.2, 0.25) is 11.8 Å². The number of carbonyl (C=O) groups excluding carboxylic acids is 3. The van der Waals surface area contributed by atoms with Gasteiger partial charge in [-0.3, -0.25) is 19.3 Å². The maximum absolute atomic E-state index is 12.9. The van der Waals surface area contributed by atoms with Gasteiger partial charge in [-0.2, -0.15) is 13.2 Å². The van der Waals surface area contributed by atoms with Crippen molar-refractivity contribution in [3.05, 3.63) is 83.6 Å². The highest BCUT2D eigenvalue weighted by Gasteiger charge is 2.30. The van der Waals surface area contributed by atoms with Crippen LogP contribution in [0, 0.1) is 6.92 Å². The molecule has 0 atom stereocenters. The average Bonchev–Trinajstić information content (AvgIpc) is 2.78. The Morgan fingerprint density at radius 3 is 2.11 bits per heavy atom. The molecule has 0 radical (unpaired) electrons. The monoisotopic (exact) mass is 499 g/mol. The molecule has 11 heteroatoms. The lowest BCUT2D eigenvalue weighted by atomic mass is 10.1. The van der Waals surface area contributed by atoms with Gasteiger partial charge in [0.15, 0.2) is 0 Å². The molecule has 0 fully saturated rings. The molecule has 0 aliphatic carbocycles. The summed E-state index contributed by atoms with van der Waals surface area (Å²) in [7, 11) is 1.60. The molecule has 3 aromatic rings. The molecule has 3 amide bonds. The molecule has 1 aromatic heterocycles. The van der Waals surface area contributed by atoms with Crippen molar-refractivity contribution in [3.63, 3.8) is 0 Å². The molecule has 0 saturated heterocycles. The minimum atomic E-state index is -4.53. The van der Waals surface area contributed by atoms with E-state index in [1.807, 2.05) is 0 Å². The highest BCUT2D eigenvalue weighted by atomic mass is 19.4. The first-order valence-corrected chi connectivity index (χ1v) is 10.8. The smallest absolute Gasteiger partial charge is 0.325 e. The number of nitrogens with zero attached hydrogens (tertiary/aromatic N) is 2. The predicted molar refractivity (Wildman–Crippen MR) is 130 cm³/mol. The molecule has 0 spiro atoms. The molecular weight excluding hydrogens is 475 g/mol. The lowest BCUT2D eigenvalue weighted by molar-refractivity contribution is -0.137. The Labute approximate surface area is 205 Å². The van der Waals surface area contributed by atoms with Crippen LogP contribution in [-0.4, -0.2) is 47.7 Å². The van der Waals surface area contributed by atoms with Crippen LogP contribution in [-0.2, 0) is 15.8 Å². The SMILES string of the molecule is Cc1cccc(NC(=O)CN(C)CC(=O)Nc2cccc(C(=O)Nc3cccc(C(F)(F)F)c3)c2)n1. The second-order valence-corrected chi connectivity index (χ2v) is 8.05. The van der Waals surface area contributed by atoms with Crippen LogP contribution in [0.1, 0.15) is 21.6 Å². The highest BCUT2D eigenvalue weighted by Crippen LogP contribution is 2.30. The third-order valence-electron chi connectivity index (χ3n) is 4.84. The lowest BCUT2D eigenvalue weighted by Gasteiger charge is -2.16. The van der Waals surface area contributed by atoms with Crippen molar-refractivity contribution >= 4 is 34.9 Å². The normalized spacial score (nSPS) is 11.2. The fourth-order valence-electron chi connectivity index (χ4n) is 3.26. The first-order chi connectivity index (χ1) is 17.0. The Balaban J connectivity index is 1.54. The minimum absolute atomic E-state index is 0.00923. The molecule has 3 N–H and O–H groups in total. The number of pyridine rings is 1. The van der Waals surface area contributed by atoms with E-state index in [9.17, 15) is 27.6 Å². The molecule has 188 valence electrons. The number of halogens is 3. The number of benzene rings is 2. The van der Waals surface area contributed by atoms with Crippen molar-refractivity contribution in [2.75, 3.05) is 36.1 Å². The third kappa shape index (κ3) is 7.91. The number of hydrogen-bond donors (Lipinski definition) is 3. The molecule has 0 unspecified atom stereocenters. The van der Waals surface area contributed by atoms with E-state index in [-0.39, 0.29) is 30.2 Å². The summed E-state index contributed by atoms with van der Waals surface area (Å²) in [5.74, 6) is -0.979. The van der Waals surface area contributed by atoms with Crippen molar-refractivity contribution in [3.8, 4) is 0 Å². The quantitative estimate of drug-likeness (QED) is 0.432. The van der Waals surface area contributed by atoms with Crippen LogP contribution in [0.4, 0.5) is 30.4 Å². The zero-order valence-corrected chi connectivity index (χ0v) is 19.5. The van der Waals surface area contributed by atoms with Crippen LogP contribution in [0.25, 0.3) is 0 Å². The van der Waals surface area contributed by atoms with Crippen LogP contribution >= 0.6 is 0 Å². The number of aromatic nitrogens is 1. The summed E-state index contributed by atoms with van der Waals surface area (Å²) in [6.07, 6.45) is -4.53. The molecule has 8 nitrogen and oxygen atoms in total. The van der Waals surface area contributed by atoms with Crippen molar-refractivity contribution in [2.24, 2.45) is 0 Å². The van der Waals surface area contributed by atoms with Crippen molar-refractivity contribution in [1.82, 2.24) is 9.88 Å². The minimum Gasteiger partial charge on any atom is -0.325 e. The van der Waals surface area contributed by atoms with Crippen LogP contribution in [0.5, 0.6) is 0 Å². The second kappa shape index (κ2) is 11.5. The summed E-state index contributed by atoms with van der Waals surface area (Å²) in [4.78, 5) is 42.8. The number of hydrogen-bond acceptors (Lipinski definition) is 5. The summed E-state index contributed by atoms with van der Waals surface area (Å²) in [6.45, 7) is 1.65. The van der Waals surface area contributed by atoms with Gasteiger partial charge < -0.3 is 16.0 Å². The largest absolute Gasteiger partial charge is 0.416 e. The van der Waals surface area contributed by atoms with E-state index in [0.717, 1.165) is 17.8 Å². The van der Waals surface area contributed by atoms with Crippen LogP contribution in [0.2, 0.25) is 0 Å². The average molecular weight is 499 g/mol. The van der Waals surface area contributed by atoms with E-state index in [0.29, 0.717) is 11.5 Å². The van der Waals surface area contributed by atoms with Crippen molar-refractivity contribution < 1.29 is 27.6 Å². The van der Waals surface area contributed by atoms with Gasteiger partial charge in [0, 0.05) is 22.6 Å². The Morgan fingerprint density at radius 2 is 1.44 bits per heavy atom. The molecule has 3 rings (SSSR count). The molecular formula is C25H24F3N5O3. The van der Waals surface area contributed by atoms with E-state index >= 15 is 0 Å². The number of rotatable bonds is 8. The van der Waals surface area contributed by atoms with Gasteiger partial charge in [-0.15, -0.1) is 0 Å². The van der Waals surface area contributed by atoms with Gasteiger partial charge in [0.05, 0.1) is 18.7 Å². The summed E-state index contributed by atoms with van der Waals surface area (Å²) < 4.78 is 38.7. The second-order valence-electron chi connectivity index (χ2n) is 8.05. The fourth-order valence-corrected chi connectivity index (χ4v) is 3.26. The predicted octanol–water partition coefficient (Wildman–Crippen LogP) is 4.17. The van der Waals surface area contributed by atoms with E-state index in [4.69, 9.17) is 0 Å².